The van der Waals surface area contributed by atoms with Gasteiger partial charge in [-0.3, -0.25) is 0 Å². The van der Waals surface area contributed by atoms with Crippen LogP contribution >= 0.6 is 11.6 Å². The Morgan fingerprint density at radius 2 is 2.05 bits per heavy atom. The van der Waals surface area contributed by atoms with E-state index in [1.54, 1.807) is 19.2 Å². The Morgan fingerprint density at radius 3 is 2.70 bits per heavy atom. The zero-order chi connectivity index (χ0) is 14.5. The fraction of sp³-hybridized carbons (Fsp3) is 0.571. The molecule has 1 fully saturated rings. The monoisotopic (exact) mass is 305 g/mol. The van der Waals surface area contributed by atoms with E-state index in [1.165, 1.54) is 12.5 Å². The molecular formula is C14H18ClF2NO2. The van der Waals surface area contributed by atoms with Crippen LogP contribution in [-0.4, -0.2) is 25.9 Å². The molecule has 0 bridgehead atoms. The number of hydrogen-bond acceptors (Lipinski definition) is 3. The molecule has 1 aromatic carbocycles. The van der Waals surface area contributed by atoms with Gasteiger partial charge in [0, 0.05) is 12.8 Å². The smallest absolute Gasteiger partial charge is 0.387 e. The van der Waals surface area contributed by atoms with Crippen LogP contribution in [0.1, 0.15) is 25.7 Å². The molecule has 0 aliphatic heterocycles. The van der Waals surface area contributed by atoms with Crippen LogP contribution in [0.4, 0.5) is 14.5 Å². The molecule has 0 aromatic heterocycles. The van der Waals surface area contributed by atoms with Crippen LogP contribution in [0.3, 0.4) is 0 Å². The van der Waals surface area contributed by atoms with Crippen LogP contribution < -0.4 is 10.1 Å². The zero-order valence-corrected chi connectivity index (χ0v) is 12.0. The van der Waals surface area contributed by atoms with Crippen LogP contribution in [0.5, 0.6) is 5.75 Å². The maximum absolute atomic E-state index is 12.2. The van der Waals surface area contributed by atoms with E-state index in [2.05, 4.69) is 10.1 Å². The van der Waals surface area contributed by atoms with E-state index in [-0.39, 0.29) is 22.9 Å². The maximum atomic E-state index is 12.2. The lowest BCUT2D eigenvalue weighted by molar-refractivity contribution is -0.0497. The molecule has 2 unspecified atom stereocenters. The van der Waals surface area contributed by atoms with Crippen molar-refractivity contribution >= 4 is 17.3 Å². The van der Waals surface area contributed by atoms with Crippen molar-refractivity contribution in [2.75, 3.05) is 12.4 Å². The Morgan fingerprint density at radius 1 is 1.30 bits per heavy atom. The molecule has 3 nitrogen and oxygen atoms in total. The largest absolute Gasteiger partial charge is 0.433 e. The van der Waals surface area contributed by atoms with Gasteiger partial charge in [0.25, 0.3) is 0 Å². The van der Waals surface area contributed by atoms with Crippen molar-refractivity contribution in [3.63, 3.8) is 0 Å². The Bertz CT molecular complexity index is 445. The molecule has 2 rings (SSSR count). The zero-order valence-electron chi connectivity index (χ0n) is 11.2. The SMILES string of the molecule is COC1CCCCC1Nc1ccc(OC(F)F)c(Cl)c1. The van der Waals surface area contributed by atoms with Crippen LogP contribution in [0, 0.1) is 0 Å². The first kappa shape index (κ1) is 15.3. The third-order valence-corrected chi connectivity index (χ3v) is 3.80. The van der Waals surface area contributed by atoms with Crippen molar-refractivity contribution < 1.29 is 18.3 Å². The number of anilines is 1. The summed E-state index contributed by atoms with van der Waals surface area (Å²) in [5.41, 5.74) is 0.783. The molecule has 0 amide bonds. The van der Waals surface area contributed by atoms with E-state index in [0.717, 1.165) is 24.9 Å². The Balaban J connectivity index is 2.04. The number of hydrogen-bond donors (Lipinski definition) is 1. The summed E-state index contributed by atoms with van der Waals surface area (Å²) in [6.07, 6.45) is 4.52. The highest BCUT2D eigenvalue weighted by Crippen LogP contribution is 2.31. The minimum Gasteiger partial charge on any atom is -0.433 e. The van der Waals surface area contributed by atoms with E-state index in [9.17, 15) is 8.78 Å². The number of ether oxygens (including phenoxy) is 2. The van der Waals surface area contributed by atoms with E-state index in [4.69, 9.17) is 16.3 Å². The summed E-state index contributed by atoms with van der Waals surface area (Å²) in [4.78, 5) is 0. The molecule has 6 heteroatoms. The highest BCUT2D eigenvalue weighted by atomic mass is 35.5. The van der Waals surface area contributed by atoms with Crippen LogP contribution in [0.25, 0.3) is 0 Å². The Hall–Kier alpha value is -1.07. The third-order valence-electron chi connectivity index (χ3n) is 3.51. The van der Waals surface area contributed by atoms with Gasteiger partial charge in [0.2, 0.25) is 0 Å². The fourth-order valence-corrected chi connectivity index (χ4v) is 2.77. The van der Waals surface area contributed by atoms with E-state index in [1.807, 2.05) is 0 Å². The number of benzene rings is 1. The first-order chi connectivity index (χ1) is 9.60. The normalized spacial score (nSPS) is 22.9. The molecule has 0 spiro atoms. The molecule has 1 aliphatic carbocycles. The van der Waals surface area contributed by atoms with Gasteiger partial charge in [0.15, 0.2) is 0 Å². The van der Waals surface area contributed by atoms with Crippen LogP contribution in [0.15, 0.2) is 18.2 Å². The van der Waals surface area contributed by atoms with Crippen LogP contribution in [0.2, 0.25) is 5.02 Å². The summed E-state index contributed by atoms with van der Waals surface area (Å²) in [5.74, 6) is -0.0147. The molecule has 0 radical (unpaired) electrons. The lowest BCUT2D eigenvalue weighted by Gasteiger charge is -2.31. The molecule has 20 heavy (non-hydrogen) atoms. The highest BCUT2D eigenvalue weighted by Gasteiger charge is 2.24. The number of alkyl halides is 2. The Labute approximate surface area is 122 Å². The Kier molecular flexibility index (Phi) is 5.43. The second kappa shape index (κ2) is 7.09. The minimum atomic E-state index is -2.87. The molecule has 1 aliphatic rings. The molecular weight excluding hydrogens is 288 g/mol. The molecule has 0 saturated heterocycles. The standard InChI is InChI=1S/C14H18ClF2NO2/c1-19-13-5-3-2-4-11(13)18-9-6-7-12(10(15)8-9)20-14(16)17/h6-8,11,13-14,18H,2-5H2,1H3. The van der Waals surface area contributed by atoms with Gasteiger partial charge in [-0.15, -0.1) is 0 Å². The lowest BCUT2D eigenvalue weighted by atomic mass is 9.92. The van der Waals surface area contributed by atoms with Gasteiger partial charge in [0.1, 0.15) is 5.75 Å². The van der Waals surface area contributed by atoms with Crippen molar-refractivity contribution in [2.24, 2.45) is 0 Å². The number of nitrogens with one attached hydrogen (secondary N) is 1. The quantitative estimate of drug-likeness (QED) is 0.879. The molecule has 1 aromatic rings. The maximum Gasteiger partial charge on any atom is 0.387 e. The molecule has 2 atom stereocenters. The average Bonchev–Trinajstić information content (AvgIpc) is 2.42. The van der Waals surface area contributed by atoms with Gasteiger partial charge >= 0.3 is 6.61 Å². The van der Waals surface area contributed by atoms with Crippen LogP contribution in [-0.2, 0) is 4.74 Å². The van der Waals surface area contributed by atoms with Gasteiger partial charge in [-0.2, -0.15) is 8.78 Å². The second-order valence-corrected chi connectivity index (χ2v) is 5.24. The van der Waals surface area contributed by atoms with Gasteiger partial charge in [0.05, 0.1) is 17.2 Å². The summed E-state index contributed by atoms with van der Waals surface area (Å²) in [6, 6.07) is 4.94. The number of halogens is 3. The predicted octanol–water partition coefficient (Wildman–Crippen LogP) is 4.31. The first-order valence-electron chi connectivity index (χ1n) is 6.64. The lowest BCUT2D eigenvalue weighted by Crippen LogP contribution is -2.37. The van der Waals surface area contributed by atoms with Gasteiger partial charge < -0.3 is 14.8 Å². The summed E-state index contributed by atoms with van der Waals surface area (Å²) in [5, 5.41) is 3.52. The second-order valence-electron chi connectivity index (χ2n) is 4.83. The van der Waals surface area contributed by atoms with Gasteiger partial charge in [-0.1, -0.05) is 24.4 Å². The van der Waals surface area contributed by atoms with E-state index < -0.39 is 6.61 Å². The molecule has 112 valence electrons. The fourth-order valence-electron chi connectivity index (χ4n) is 2.54. The minimum absolute atomic E-state index is 0.0147. The molecule has 1 saturated carbocycles. The van der Waals surface area contributed by atoms with Crippen molar-refractivity contribution in [3.8, 4) is 5.75 Å². The van der Waals surface area contributed by atoms with E-state index >= 15 is 0 Å². The number of rotatable bonds is 5. The summed E-state index contributed by atoms with van der Waals surface area (Å²) < 4.78 is 34.1. The number of methoxy groups -OCH3 is 1. The van der Waals surface area contributed by atoms with E-state index in [0.29, 0.717) is 0 Å². The van der Waals surface area contributed by atoms with Crippen molar-refractivity contribution in [2.45, 2.75) is 44.4 Å². The van der Waals surface area contributed by atoms with Gasteiger partial charge in [-0.25, -0.2) is 0 Å². The predicted molar refractivity (Wildman–Crippen MR) is 74.8 cm³/mol. The first-order valence-corrected chi connectivity index (χ1v) is 7.01. The molecule has 1 N–H and O–H groups in total. The topological polar surface area (TPSA) is 30.5 Å². The highest BCUT2D eigenvalue weighted by molar-refractivity contribution is 6.32. The summed E-state index contributed by atoms with van der Waals surface area (Å²) in [6.45, 7) is -2.87. The summed E-state index contributed by atoms with van der Waals surface area (Å²) in [7, 11) is 1.71. The summed E-state index contributed by atoms with van der Waals surface area (Å²) >= 11 is 5.93. The third kappa shape index (κ3) is 3.96. The average molecular weight is 306 g/mol. The van der Waals surface area contributed by atoms with Crippen molar-refractivity contribution in [1.29, 1.82) is 0 Å². The molecule has 0 heterocycles. The van der Waals surface area contributed by atoms with Crippen molar-refractivity contribution in [1.82, 2.24) is 0 Å². The van der Waals surface area contributed by atoms with Crippen molar-refractivity contribution in [3.05, 3.63) is 23.2 Å². The van der Waals surface area contributed by atoms with Gasteiger partial charge in [-0.05, 0) is 31.0 Å².